The average Bonchev–Trinajstić information content (AvgIpc) is 2.57. The van der Waals surface area contributed by atoms with Crippen molar-refractivity contribution < 1.29 is 5.11 Å². The molecule has 13 heavy (non-hydrogen) atoms. The first-order valence-corrected chi connectivity index (χ1v) is 5.69. The Morgan fingerprint density at radius 3 is 2.62 bits per heavy atom. The van der Waals surface area contributed by atoms with Gasteiger partial charge in [-0.15, -0.1) is 0 Å². The number of aliphatic hydroxyl groups is 1. The maximum atomic E-state index is 10.2. The molecule has 1 saturated carbocycles. The molecule has 1 heteroatoms. The van der Waals surface area contributed by atoms with E-state index in [4.69, 9.17) is 0 Å². The highest BCUT2D eigenvalue weighted by Crippen LogP contribution is 2.35. The van der Waals surface area contributed by atoms with Gasteiger partial charge in [0.1, 0.15) is 0 Å². The molecule has 2 rings (SSSR count). The number of hydrogen-bond acceptors (Lipinski definition) is 1. The second-order valence-electron chi connectivity index (χ2n) is 4.75. The second kappa shape index (κ2) is 3.83. The van der Waals surface area contributed by atoms with Crippen LogP contribution in [-0.2, 0) is 0 Å². The second-order valence-corrected chi connectivity index (χ2v) is 4.75. The van der Waals surface area contributed by atoms with E-state index in [1.807, 2.05) is 0 Å². The van der Waals surface area contributed by atoms with Gasteiger partial charge < -0.3 is 5.11 Å². The highest BCUT2D eigenvalue weighted by molar-refractivity contribution is 5.05. The van der Waals surface area contributed by atoms with E-state index in [-0.39, 0.29) is 0 Å². The summed E-state index contributed by atoms with van der Waals surface area (Å²) in [5.74, 6) is 0.799. The van der Waals surface area contributed by atoms with Crippen LogP contribution in [0, 0.1) is 5.92 Å². The third kappa shape index (κ3) is 2.34. The summed E-state index contributed by atoms with van der Waals surface area (Å²) in [5, 5.41) is 10.2. The molecule has 2 aliphatic carbocycles. The molecule has 74 valence electrons. The summed E-state index contributed by atoms with van der Waals surface area (Å²) in [6.45, 7) is 0. The number of rotatable bonds is 2. The van der Waals surface area contributed by atoms with Crippen molar-refractivity contribution in [3.05, 3.63) is 12.2 Å². The Kier molecular flexibility index (Phi) is 2.73. The van der Waals surface area contributed by atoms with Crippen LogP contribution in [0.15, 0.2) is 12.2 Å². The monoisotopic (exact) mass is 180 g/mol. The van der Waals surface area contributed by atoms with Crippen LogP contribution in [0.4, 0.5) is 0 Å². The van der Waals surface area contributed by atoms with Gasteiger partial charge in [-0.05, 0) is 31.6 Å². The number of hydrogen-bond donors (Lipinski definition) is 1. The fourth-order valence-electron chi connectivity index (χ4n) is 2.80. The van der Waals surface area contributed by atoms with Crippen LogP contribution < -0.4 is 0 Å². The van der Waals surface area contributed by atoms with Gasteiger partial charge in [0.05, 0.1) is 5.60 Å². The Morgan fingerprint density at radius 1 is 1.23 bits per heavy atom. The Morgan fingerprint density at radius 2 is 2.00 bits per heavy atom. The van der Waals surface area contributed by atoms with Gasteiger partial charge in [-0.25, -0.2) is 0 Å². The van der Waals surface area contributed by atoms with Gasteiger partial charge in [0.15, 0.2) is 0 Å². The summed E-state index contributed by atoms with van der Waals surface area (Å²) in [6.07, 6.45) is 14.0. The van der Waals surface area contributed by atoms with Gasteiger partial charge in [0.25, 0.3) is 0 Å². The minimum Gasteiger partial charge on any atom is -0.386 e. The Bertz CT molecular complexity index is 191. The highest BCUT2D eigenvalue weighted by atomic mass is 16.3. The molecule has 2 aliphatic rings. The standard InChI is InChI=1S/C12H20O/c13-12(8-4-1-5-9-12)10-11-6-2-3-7-11/h4,8,11,13H,1-3,5-7,9-10H2. The lowest BCUT2D eigenvalue weighted by Gasteiger charge is -2.30. The van der Waals surface area contributed by atoms with Crippen LogP contribution in [0.25, 0.3) is 0 Å². The average molecular weight is 180 g/mol. The van der Waals surface area contributed by atoms with Crippen molar-refractivity contribution in [2.45, 2.75) is 57.0 Å². The van der Waals surface area contributed by atoms with Crippen LogP contribution in [0.1, 0.15) is 51.4 Å². The van der Waals surface area contributed by atoms with E-state index in [0.29, 0.717) is 0 Å². The van der Waals surface area contributed by atoms with Gasteiger partial charge >= 0.3 is 0 Å². The topological polar surface area (TPSA) is 20.2 Å². The molecule has 0 amide bonds. The van der Waals surface area contributed by atoms with E-state index in [2.05, 4.69) is 12.2 Å². The molecule has 1 N–H and O–H groups in total. The zero-order valence-corrected chi connectivity index (χ0v) is 8.34. The molecule has 0 aromatic heterocycles. The van der Waals surface area contributed by atoms with Crippen LogP contribution in [0.3, 0.4) is 0 Å². The molecular weight excluding hydrogens is 160 g/mol. The van der Waals surface area contributed by atoms with Gasteiger partial charge in [-0.2, -0.15) is 0 Å². The summed E-state index contributed by atoms with van der Waals surface area (Å²) in [6, 6.07) is 0. The Hall–Kier alpha value is -0.300. The molecule has 0 aromatic rings. The third-order valence-electron chi connectivity index (χ3n) is 3.53. The van der Waals surface area contributed by atoms with Crippen LogP contribution in [0.5, 0.6) is 0 Å². The Labute approximate surface area is 80.8 Å². The van der Waals surface area contributed by atoms with Crippen molar-refractivity contribution in [2.75, 3.05) is 0 Å². The first-order valence-electron chi connectivity index (χ1n) is 5.69. The van der Waals surface area contributed by atoms with E-state index < -0.39 is 5.60 Å². The molecule has 0 spiro atoms. The minimum absolute atomic E-state index is 0.437. The van der Waals surface area contributed by atoms with Crippen molar-refractivity contribution in [3.63, 3.8) is 0 Å². The van der Waals surface area contributed by atoms with Crippen molar-refractivity contribution in [1.29, 1.82) is 0 Å². The molecule has 0 radical (unpaired) electrons. The van der Waals surface area contributed by atoms with Gasteiger partial charge in [0, 0.05) is 0 Å². The fraction of sp³-hybridized carbons (Fsp3) is 0.833. The molecule has 1 unspecified atom stereocenters. The van der Waals surface area contributed by atoms with E-state index in [1.54, 1.807) is 0 Å². The van der Waals surface area contributed by atoms with Gasteiger partial charge in [-0.3, -0.25) is 0 Å². The van der Waals surface area contributed by atoms with Gasteiger partial charge in [-0.1, -0.05) is 37.8 Å². The van der Waals surface area contributed by atoms with Crippen molar-refractivity contribution >= 4 is 0 Å². The Balaban J connectivity index is 1.90. The molecule has 0 aliphatic heterocycles. The minimum atomic E-state index is -0.437. The maximum absolute atomic E-state index is 10.2. The lowest BCUT2D eigenvalue weighted by molar-refractivity contribution is 0.0490. The van der Waals surface area contributed by atoms with Crippen molar-refractivity contribution in [1.82, 2.24) is 0 Å². The zero-order valence-electron chi connectivity index (χ0n) is 8.34. The molecule has 1 atom stereocenters. The van der Waals surface area contributed by atoms with Gasteiger partial charge in [0.2, 0.25) is 0 Å². The summed E-state index contributed by atoms with van der Waals surface area (Å²) in [5.41, 5.74) is -0.437. The SMILES string of the molecule is OC1(CC2CCCC2)C=CCCC1. The smallest absolute Gasteiger partial charge is 0.0830 e. The quantitative estimate of drug-likeness (QED) is 0.648. The molecule has 1 nitrogen and oxygen atoms in total. The lowest BCUT2D eigenvalue weighted by Crippen LogP contribution is -2.30. The summed E-state index contributed by atoms with van der Waals surface area (Å²) in [7, 11) is 0. The highest BCUT2D eigenvalue weighted by Gasteiger charge is 2.30. The van der Waals surface area contributed by atoms with Crippen molar-refractivity contribution in [3.8, 4) is 0 Å². The fourth-order valence-corrected chi connectivity index (χ4v) is 2.80. The third-order valence-corrected chi connectivity index (χ3v) is 3.53. The molecule has 0 saturated heterocycles. The van der Waals surface area contributed by atoms with E-state index in [9.17, 15) is 5.11 Å². The molecule has 1 fully saturated rings. The summed E-state index contributed by atoms with van der Waals surface area (Å²) >= 11 is 0. The number of allylic oxidation sites excluding steroid dienone is 1. The van der Waals surface area contributed by atoms with Crippen LogP contribution >= 0.6 is 0 Å². The van der Waals surface area contributed by atoms with Crippen LogP contribution in [0.2, 0.25) is 0 Å². The first-order chi connectivity index (χ1) is 6.29. The lowest BCUT2D eigenvalue weighted by atomic mass is 9.82. The van der Waals surface area contributed by atoms with E-state index in [0.717, 1.165) is 25.2 Å². The van der Waals surface area contributed by atoms with Crippen LogP contribution in [-0.4, -0.2) is 10.7 Å². The molecule has 0 heterocycles. The predicted molar refractivity (Wildman–Crippen MR) is 54.5 cm³/mol. The van der Waals surface area contributed by atoms with Crippen molar-refractivity contribution in [2.24, 2.45) is 5.92 Å². The van der Waals surface area contributed by atoms with E-state index >= 15 is 0 Å². The van der Waals surface area contributed by atoms with E-state index in [1.165, 1.54) is 32.1 Å². The molecule has 0 bridgehead atoms. The molecule has 0 aromatic carbocycles. The normalized spacial score (nSPS) is 35.5. The first kappa shape index (κ1) is 9.26. The molecular formula is C12H20O. The largest absolute Gasteiger partial charge is 0.386 e. The zero-order chi connectivity index (χ0) is 9.15. The maximum Gasteiger partial charge on any atom is 0.0830 e. The summed E-state index contributed by atoms with van der Waals surface area (Å²) in [4.78, 5) is 0. The predicted octanol–water partition coefficient (Wildman–Crippen LogP) is 3.04. The summed E-state index contributed by atoms with van der Waals surface area (Å²) < 4.78 is 0.